The normalized spacial score (nSPS) is 12.1. The first kappa shape index (κ1) is 20.6. The average molecular weight is 392 g/mol. The molecule has 5 heteroatoms. The molecule has 0 saturated heterocycles. The van der Waals surface area contributed by atoms with Crippen molar-refractivity contribution >= 4 is 16.9 Å². The van der Waals surface area contributed by atoms with Crippen molar-refractivity contribution in [2.75, 3.05) is 5.43 Å². The Labute approximate surface area is 171 Å². The topological polar surface area (TPSA) is 60.3 Å². The first-order valence-corrected chi connectivity index (χ1v) is 9.71. The van der Waals surface area contributed by atoms with Crippen LogP contribution in [0.3, 0.4) is 0 Å². The van der Waals surface area contributed by atoms with Crippen LogP contribution in [0.15, 0.2) is 59.4 Å². The number of carbonyl (C=O) groups is 1. The summed E-state index contributed by atoms with van der Waals surface area (Å²) >= 11 is 0. The van der Waals surface area contributed by atoms with Gasteiger partial charge in [-0.05, 0) is 49.3 Å². The molecule has 2 aromatic carbocycles. The van der Waals surface area contributed by atoms with E-state index in [9.17, 15) is 9.59 Å². The Balaban J connectivity index is 2.14. The number of nitrogens with one attached hydrogen (secondary N) is 1. The Bertz CT molecular complexity index is 1100. The van der Waals surface area contributed by atoms with Gasteiger partial charge in [0.25, 0.3) is 5.56 Å². The summed E-state index contributed by atoms with van der Waals surface area (Å²) in [6.45, 7) is 11.8. The fourth-order valence-corrected chi connectivity index (χ4v) is 3.12. The van der Waals surface area contributed by atoms with Gasteiger partial charge in [-0.25, -0.2) is 14.9 Å². The van der Waals surface area contributed by atoms with Crippen LogP contribution in [0.5, 0.6) is 0 Å². The predicted molar refractivity (Wildman–Crippen MR) is 118 cm³/mol. The molecule has 0 atom stereocenters. The van der Waals surface area contributed by atoms with Crippen molar-refractivity contribution in [3.8, 4) is 11.3 Å². The molecule has 1 N–H and O–H groups in total. The molecule has 0 saturated carbocycles. The number of pyridine rings is 1. The van der Waals surface area contributed by atoms with Crippen molar-refractivity contribution in [2.45, 2.75) is 52.6 Å². The molecule has 3 rings (SSSR count). The smallest absolute Gasteiger partial charge is 0.427 e. The van der Waals surface area contributed by atoms with Crippen LogP contribution >= 0.6 is 0 Å². The highest BCUT2D eigenvalue weighted by Crippen LogP contribution is 2.27. The molecular weight excluding hydrogens is 364 g/mol. The van der Waals surface area contributed by atoms with Gasteiger partial charge in [0.05, 0.1) is 5.69 Å². The number of hydrogen-bond donors (Lipinski definition) is 1. The summed E-state index contributed by atoms with van der Waals surface area (Å²) in [5.74, 6) is 0. The van der Waals surface area contributed by atoms with Gasteiger partial charge in [0.15, 0.2) is 0 Å². The molecule has 0 spiro atoms. The minimum atomic E-state index is -0.678. The van der Waals surface area contributed by atoms with Crippen LogP contribution in [0.4, 0.5) is 4.79 Å². The van der Waals surface area contributed by atoms with Gasteiger partial charge in [-0.3, -0.25) is 4.79 Å². The second-order valence-corrected chi connectivity index (χ2v) is 9.20. The number of nitrogens with zero attached hydrogens (tertiary/aromatic N) is 1. The SMILES string of the molecule is CC(C)(C)OC(=O)Nn1c(-c2ccc(C(C)(C)C)cc2)cc2ccccc2c1=O. The fraction of sp³-hybridized carbons (Fsp3) is 0.333. The number of fused-ring (bicyclic) bond motifs is 1. The molecule has 0 aliphatic rings. The van der Waals surface area contributed by atoms with Gasteiger partial charge < -0.3 is 4.74 Å². The Kier molecular flexibility index (Phi) is 5.26. The van der Waals surface area contributed by atoms with E-state index in [0.717, 1.165) is 10.9 Å². The number of rotatable bonds is 2. The van der Waals surface area contributed by atoms with Crippen molar-refractivity contribution < 1.29 is 9.53 Å². The van der Waals surface area contributed by atoms with E-state index in [4.69, 9.17) is 4.74 Å². The molecule has 5 nitrogen and oxygen atoms in total. The molecule has 3 aromatic rings. The Morgan fingerprint density at radius 1 is 0.931 bits per heavy atom. The lowest BCUT2D eigenvalue weighted by molar-refractivity contribution is 0.0613. The third-order valence-corrected chi connectivity index (χ3v) is 4.58. The minimum Gasteiger partial charge on any atom is -0.443 e. The molecule has 0 aliphatic carbocycles. The van der Waals surface area contributed by atoms with Crippen molar-refractivity contribution in [1.29, 1.82) is 0 Å². The lowest BCUT2D eigenvalue weighted by atomic mass is 9.86. The summed E-state index contributed by atoms with van der Waals surface area (Å²) in [6, 6.07) is 17.3. The maximum absolute atomic E-state index is 13.1. The van der Waals surface area contributed by atoms with Gasteiger partial charge in [-0.15, -0.1) is 0 Å². The molecule has 1 aromatic heterocycles. The Morgan fingerprint density at radius 3 is 2.14 bits per heavy atom. The molecule has 1 heterocycles. The van der Waals surface area contributed by atoms with E-state index >= 15 is 0 Å². The van der Waals surface area contributed by atoms with E-state index in [-0.39, 0.29) is 11.0 Å². The fourth-order valence-electron chi connectivity index (χ4n) is 3.12. The molecule has 0 aliphatic heterocycles. The predicted octanol–water partition coefficient (Wildman–Crippen LogP) is 5.44. The lowest BCUT2D eigenvalue weighted by Crippen LogP contribution is -2.37. The number of ether oxygens (including phenoxy) is 1. The zero-order valence-electron chi connectivity index (χ0n) is 17.9. The van der Waals surface area contributed by atoms with E-state index in [1.54, 1.807) is 32.9 Å². The summed E-state index contributed by atoms with van der Waals surface area (Å²) < 4.78 is 6.62. The summed E-state index contributed by atoms with van der Waals surface area (Å²) in [7, 11) is 0. The third kappa shape index (κ3) is 4.67. The van der Waals surface area contributed by atoms with Crippen LogP contribution < -0.4 is 11.0 Å². The zero-order valence-corrected chi connectivity index (χ0v) is 17.9. The van der Waals surface area contributed by atoms with E-state index in [1.807, 2.05) is 42.5 Å². The van der Waals surface area contributed by atoms with Crippen LogP contribution in [0.1, 0.15) is 47.1 Å². The number of aromatic nitrogens is 1. The Hall–Kier alpha value is -3.08. The molecule has 0 unspecified atom stereocenters. The van der Waals surface area contributed by atoms with Gasteiger partial charge in [-0.2, -0.15) is 0 Å². The van der Waals surface area contributed by atoms with Gasteiger partial charge in [0.1, 0.15) is 5.60 Å². The highest BCUT2D eigenvalue weighted by atomic mass is 16.6. The van der Waals surface area contributed by atoms with Crippen LogP contribution in [-0.4, -0.2) is 16.4 Å². The van der Waals surface area contributed by atoms with Crippen molar-refractivity contribution in [3.05, 3.63) is 70.5 Å². The van der Waals surface area contributed by atoms with Crippen LogP contribution in [0.2, 0.25) is 0 Å². The molecule has 0 fully saturated rings. The van der Waals surface area contributed by atoms with Crippen molar-refractivity contribution in [3.63, 3.8) is 0 Å². The van der Waals surface area contributed by atoms with Gasteiger partial charge in [0, 0.05) is 10.9 Å². The average Bonchev–Trinajstić information content (AvgIpc) is 2.62. The van der Waals surface area contributed by atoms with Crippen LogP contribution in [-0.2, 0) is 10.2 Å². The maximum Gasteiger partial charge on any atom is 0.427 e. The third-order valence-electron chi connectivity index (χ3n) is 4.58. The first-order chi connectivity index (χ1) is 13.5. The van der Waals surface area contributed by atoms with E-state index < -0.39 is 11.7 Å². The number of amides is 1. The molecule has 0 radical (unpaired) electrons. The standard InChI is InChI=1S/C24H28N2O3/c1-23(2,3)18-13-11-16(12-14-18)20-15-17-9-7-8-10-19(17)21(27)26(20)25-22(28)29-24(4,5)6/h7-15H,1-6H3,(H,25,28). The highest BCUT2D eigenvalue weighted by Gasteiger charge is 2.20. The van der Waals surface area contributed by atoms with E-state index in [0.29, 0.717) is 11.1 Å². The lowest BCUT2D eigenvalue weighted by Gasteiger charge is -2.22. The van der Waals surface area contributed by atoms with Crippen molar-refractivity contribution in [2.24, 2.45) is 0 Å². The van der Waals surface area contributed by atoms with Crippen molar-refractivity contribution in [1.82, 2.24) is 4.68 Å². The molecule has 152 valence electrons. The monoisotopic (exact) mass is 392 g/mol. The van der Waals surface area contributed by atoms with Gasteiger partial charge in [0.2, 0.25) is 0 Å². The van der Waals surface area contributed by atoms with Gasteiger partial charge in [-0.1, -0.05) is 63.2 Å². The second-order valence-electron chi connectivity index (χ2n) is 9.20. The summed E-state index contributed by atoms with van der Waals surface area (Å²) in [6.07, 6.45) is -0.678. The largest absolute Gasteiger partial charge is 0.443 e. The highest BCUT2D eigenvalue weighted by molar-refractivity contribution is 5.87. The van der Waals surface area contributed by atoms with E-state index in [2.05, 4.69) is 26.2 Å². The quantitative estimate of drug-likeness (QED) is 0.631. The second kappa shape index (κ2) is 7.39. The molecular formula is C24H28N2O3. The molecule has 29 heavy (non-hydrogen) atoms. The first-order valence-electron chi connectivity index (χ1n) is 9.71. The minimum absolute atomic E-state index is 0.0242. The number of carbonyl (C=O) groups excluding carboxylic acids is 1. The summed E-state index contributed by atoms with van der Waals surface area (Å²) in [5.41, 5.74) is 4.29. The molecule has 0 bridgehead atoms. The molecule has 1 amide bonds. The Morgan fingerprint density at radius 2 is 1.55 bits per heavy atom. The summed E-state index contributed by atoms with van der Waals surface area (Å²) in [4.78, 5) is 25.5. The summed E-state index contributed by atoms with van der Waals surface area (Å²) in [5, 5.41) is 1.34. The number of hydrogen-bond acceptors (Lipinski definition) is 3. The van der Waals surface area contributed by atoms with Crippen LogP contribution in [0, 0.1) is 0 Å². The van der Waals surface area contributed by atoms with Crippen LogP contribution in [0.25, 0.3) is 22.0 Å². The van der Waals surface area contributed by atoms with E-state index in [1.165, 1.54) is 10.2 Å². The maximum atomic E-state index is 13.1. The zero-order chi connectivity index (χ0) is 21.4. The van der Waals surface area contributed by atoms with Gasteiger partial charge >= 0.3 is 6.09 Å². The number of benzene rings is 2.